The molecule has 1 aromatic rings. The minimum atomic E-state index is 0.336. The number of hydrogen-bond donors (Lipinski definition) is 1. The molecule has 0 aliphatic carbocycles. The molecule has 1 aliphatic heterocycles. The molecule has 2 heterocycles. The molecule has 0 aromatic carbocycles. The minimum absolute atomic E-state index is 0.336. The van der Waals surface area contributed by atoms with E-state index in [0.29, 0.717) is 17.2 Å². The number of anilines is 1. The number of nitrogens with zero attached hydrogens (tertiary/aromatic N) is 2. The van der Waals surface area contributed by atoms with Gasteiger partial charge in [0.1, 0.15) is 0 Å². The fraction of sp³-hybridized carbons (Fsp3) is 0.600. The van der Waals surface area contributed by atoms with Crippen LogP contribution in [0.4, 0.5) is 5.69 Å². The van der Waals surface area contributed by atoms with Gasteiger partial charge in [-0.2, -0.15) is 5.10 Å². The number of aromatic nitrogens is 2. The van der Waals surface area contributed by atoms with Crippen molar-refractivity contribution in [1.82, 2.24) is 10.2 Å². The van der Waals surface area contributed by atoms with Crippen LogP contribution >= 0.6 is 11.6 Å². The normalized spacial score (nSPS) is 25.5. The van der Waals surface area contributed by atoms with E-state index in [1.54, 1.807) is 12.3 Å². The summed E-state index contributed by atoms with van der Waals surface area (Å²) >= 11 is 5.73. The van der Waals surface area contributed by atoms with Crippen LogP contribution in [0.3, 0.4) is 0 Å². The van der Waals surface area contributed by atoms with E-state index in [1.165, 1.54) is 0 Å². The van der Waals surface area contributed by atoms with Gasteiger partial charge in [0, 0.05) is 25.1 Å². The van der Waals surface area contributed by atoms with Crippen molar-refractivity contribution >= 4 is 17.3 Å². The second-order valence-electron chi connectivity index (χ2n) is 3.77. The molecule has 1 saturated heterocycles. The maximum Gasteiger partial charge on any atom is 0.153 e. The molecule has 2 rings (SSSR count). The molecule has 0 bridgehead atoms. The zero-order valence-electron chi connectivity index (χ0n) is 8.61. The fourth-order valence-electron chi connectivity index (χ4n) is 1.73. The van der Waals surface area contributed by atoms with Crippen LogP contribution in [0.1, 0.15) is 13.3 Å². The van der Waals surface area contributed by atoms with Gasteiger partial charge in [0.2, 0.25) is 0 Å². The third-order valence-electron chi connectivity index (χ3n) is 2.73. The van der Waals surface area contributed by atoms with Gasteiger partial charge in [0.15, 0.2) is 5.15 Å². The van der Waals surface area contributed by atoms with Gasteiger partial charge in [0.25, 0.3) is 0 Å². The van der Waals surface area contributed by atoms with Crippen LogP contribution < -0.4 is 5.32 Å². The second-order valence-corrected chi connectivity index (χ2v) is 4.16. The fourth-order valence-corrected chi connectivity index (χ4v) is 1.89. The molecule has 2 unspecified atom stereocenters. The lowest BCUT2D eigenvalue weighted by molar-refractivity contribution is 0.108. The van der Waals surface area contributed by atoms with Crippen LogP contribution in [0, 0.1) is 5.92 Å². The Bertz CT molecular complexity index is 334. The van der Waals surface area contributed by atoms with Crippen molar-refractivity contribution in [2.45, 2.75) is 19.4 Å². The van der Waals surface area contributed by atoms with Crippen molar-refractivity contribution in [2.24, 2.45) is 5.92 Å². The Kier molecular flexibility index (Phi) is 3.38. The van der Waals surface area contributed by atoms with Crippen LogP contribution in [-0.2, 0) is 4.74 Å². The largest absolute Gasteiger partial charge is 0.383 e. The first-order chi connectivity index (χ1) is 7.25. The van der Waals surface area contributed by atoms with E-state index in [-0.39, 0.29) is 0 Å². The molecule has 82 valence electrons. The Morgan fingerprint density at radius 1 is 1.67 bits per heavy atom. The molecular formula is C10H14ClN3O. The highest BCUT2D eigenvalue weighted by Gasteiger charge is 2.23. The highest BCUT2D eigenvalue weighted by atomic mass is 35.5. The van der Waals surface area contributed by atoms with E-state index >= 15 is 0 Å². The maximum atomic E-state index is 5.73. The predicted molar refractivity (Wildman–Crippen MR) is 59.1 cm³/mol. The van der Waals surface area contributed by atoms with Crippen LogP contribution in [0.2, 0.25) is 5.15 Å². The molecule has 0 radical (unpaired) electrons. The number of halogens is 1. The third-order valence-corrected chi connectivity index (χ3v) is 2.91. The van der Waals surface area contributed by atoms with E-state index in [4.69, 9.17) is 16.3 Å². The van der Waals surface area contributed by atoms with Gasteiger partial charge in [0.05, 0.1) is 18.0 Å². The van der Waals surface area contributed by atoms with Crippen LogP contribution in [0.25, 0.3) is 0 Å². The highest BCUT2D eigenvalue weighted by Crippen LogP contribution is 2.21. The Morgan fingerprint density at radius 2 is 2.53 bits per heavy atom. The summed E-state index contributed by atoms with van der Waals surface area (Å²) in [6, 6.07) is 1.77. The zero-order valence-corrected chi connectivity index (χ0v) is 9.37. The van der Waals surface area contributed by atoms with Gasteiger partial charge in [-0.25, -0.2) is 0 Å². The van der Waals surface area contributed by atoms with Gasteiger partial charge in [-0.15, -0.1) is 5.10 Å². The summed E-state index contributed by atoms with van der Waals surface area (Å²) in [6.07, 6.45) is 3.12. The molecular weight excluding hydrogens is 214 g/mol. The molecule has 5 heteroatoms. The topological polar surface area (TPSA) is 47.0 Å². The van der Waals surface area contributed by atoms with Crippen LogP contribution in [0.15, 0.2) is 12.3 Å². The summed E-state index contributed by atoms with van der Waals surface area (Å²) in [6.45, 7) is 3.86. The summed E-state index contributed by atoms with van der Waals surface area (Å²) in [5.74, 6) is 0.567. The van der Waals surface area contributed by atoms with E-state index in [9.17, 15) is 0 Å². The van der Waals surface area contributed by atoms with Crippen molar-refractivity contribution < 1.29 is 4.74 Å². The van der Waals surface area contributed by atoms with Crippen molar-refractivity contribution in [1.29, 1.82) is 0 Å². The van der Waals surface area contributed by atoms with E-state index < -0.39 is 0 Å². The number of nitrogens with one attached hydrogen (secondary N) is 1. The van der Waals surface area contributed by atoms with Gasteiger partial charge in [-0.1, -0.05) is 11.6 Å². The van der Waals surface area contributed by atoms with Gasteiger partial charge in [-0.05, 0) is 13.3 Å². The van der Waals surface area contributed by atoms with Gasteiger partial charge in [-0.3, -0.25) is 0 Å². The SMILES string of the molecule is CC1OCCC1CNc1cnnc(Cl)c1. The first kappa shape index (κ1) is 10.6. The second kappa shape index (κ2) is 4.77. The van der Waals surface area contributed by atoms with Crippen LogP contribution in [0.5, 0.6) is 0 Å². The Hall–Kier alpha value is -0.870. The van der Waals surface area contributed by atoms with Gasteiger partial charge < -0.3 is 10.1 Å². The Balaban J connectivity index is 1.87. The predicted octanol–water partition coefficient (Wildman–Crippen LogP) is 1.97. The van der Waals surface area contributed by atoms with Gasteiger partial charge >= 0.3 is 0 Å². The van der Waals surface area contributed by atoms with Crippen LogP contribution in [-0.4, -0.2) is 29.5 Å². The first-order valence-corrected chi connectivity index (χ1v) is 5.47. The lowest BCUT2D eigenvalue weighted by atomic mass is 10.0. The summed E-state index contributed by atoms with van der Waals surface area (Å²) in [7, 11) is 0. The molecule has 4 nitrogen and oxygen atoms in total. The minimum Gasteiger partial charge on any atom is -0.383 e. The number of hydrogen-bond acceptors (Lipinski definition) is 4. The quantitative estimate of drug-likeness (QED) is 0.858. The third kappa shape index (κ3) is 2.79. The zero-order chi connectivity index (χ0) is 10.7. The average Bonchev–Trinajstić information content (AvgIpc) is 2.61. The monoisotopic (exact) mass is 227 g/mol. The summed E-state index contributed by atoms with van der Waals surface area (Å²) in [5, 5.41) is 11.2. The first-order valence-electron chi connectivity index (χ1n) is 5.09. The highest BCUT2D eigenvalue weighted by molar-refractivity contribution is 6.29. The van der Waals surface area contributed by atoms with Crippen molar-refractivity contribution in [3.63, 3.8) is 0 Å². The van der Waals surface area contributed by atoms with E-state index in [2.05, 4.69) is 22.4 Å². The number of ether oxygens (including phenoxy) is 1. The smallest absolute Gasteiger partial charge is 0.153 e. The molecule has 1 fully saturated rings. The lowest BCUT2D eigenvalue weighted by Crippen LogP contribution is -2.20. The Labute approximate surface area is 94.0 Å². The van der Waals surface area contributed by atoms with E-state index in [0.717, 1.165) is 25.3 Å². The molecule has 0 amide bonds. The molecule has 15 heavy (non-hydrogen) atoms. The average molecular weight is 228 g/mol. The molecule has 1 N–H and O–H groups in total. The molecule has 0 spiro atoms. The van der Waals surface area contributed by atoms with Crippen molar-refractivity contribution in [3.8, 4) is 0 Å². The molecule has 2 atom stereocenters. The molecule has 1 aliphatic rings. The lowest BCUT2D eigenvalue weighted by Gasteiger charge is -2.15. The van der Waals surface area contributed by atoms with Crippen molar-refractivity contribution in [2.75, 3.05) is 18.5 Å². The standard InChI is InChI=1S/C10H14ClN3O/c1-7-8(2-3-15-7)5-12-9-4-10(11)14-13-6-9/h4,6-8H,2-3,5H2,1H3,(H,12,14). The summed E-state index contributed by atoms with van der Waals surface area (Å²) in [5.41, 5.74) is 0.911. The summed E-state index contributed by atoms with van der Waals surface area (Å²) < 4.78 is 5.48. The van der Waals surface area contributed by atoms with E-state index in [1.807, 2.05) is 0 Å². The molecule has 0 saturated carbocycles. The summed E-state index contributed by atoms with van der Waals surface area (Å²) in [4.78, 5) is 0. The number of rotatable bonds is 3. The maximum absolute atomic E-state index is 5.73. The van der Waals surface area contributed by atoms with Crippen molar-refractivity contribution in [3.05, 3.63) is 17.4 Å². The Morgan fingerprint density at radius 3 is 3.20 bits per heavy atom. The molecule has 1 aromatic heterocycles.